The van der Waals surface area contributed by atoms with Gasteiger partial charge < -0.3 is 5.32 Å². The number of amides is 1. The average molecular weight is 386 g/mol. The smallest absolute Gasteiger partial charge is 0.251 e. The zero-order valence-corrected chi connectivity index (χ0v) is 13.1. The quantitative estimate of drug-likeness (QED) is 0.600. The Morgan fingerprint density at radius 2 is 2.24 bits per heavy atom. The summed E-state index contributed by atoms with van der Waals surface area (Å²) in [5.74, 6) is -0.108. The number of halogens is 3. The summed E-state index contributed by atoms with van der Waals surface area (Å²) in [4.78, 5) is 11.8. The molecule has 0 bridgehead atoms. The maximum Gasteiger partial charge on any atom is 0.251 e. The van der Waals surface area contributed by atoms with Gasteiger partial charge in [0.2, 0.25) is 0 Å². The minimum absolute atomic E-state index is 0.108. The Kier molecular flexibility index (Phi) is 6.59. The molecule has 1 atom stereocenters. The van der Waals surface area contributed by atoms with E-state index in [2.05, 4.69) is 27.9 Å². The molecule has 0 saturated heterocycles. The molecule has 0 aliphatic carbocycles. The maximum atomic E-state index is 11.8. The highest BCUT2D eigenvalue weighted by atomic mass is 127. The summed E-state index contributed by atoms with van der Waals surface area (Å²) >= 11 is 14.0. The third kappa shape index (κ3) is 5.02. The number of alkyl halides is 1. The second-order valence-electron chi connectivity index (χ2n) is 3.68. The fraction of sp³-hybridized carbons (Fsp3) is 0.417. The fourth-order valence-corrected chi connectivity index (χ4v) is 1.91. The zero-order valence-electron chi connectivity index (χ0n) is 9.47. The van der Waals surface area contributed by atoms with Crippen LogP contribution in [0.1, 0.15) is 30.1 Å². The van der Waals surface area contributed by atoms with E-state index in [1.165, 1.54) is 0 Å². The molecule has 1 aromatic rings. The minimum atomic E-state index is -0.108. The van der Waals surface area contributed by atoms with Gasteiger partial charge in [-0.25, -0.2) is 0 Å². The Hall–Kier alpha value is -0.0000000000000000555. The van der Waals surface area contributed by atoms with Gasteiger partial charge in [-0.3, -0.25) is 4.79 Å². The summed E-state index contributed by atoms with van der Waals surface area (Å²) < 4.78 is 0.938. The minimum Gasteiger partial charge on any atom is -0.352 e. The second kappa shape index (κ2) is 7.44. The van der Waals surface area contributed by atoms with E-state index < -0.39 is 0 Å². The van der Waals surface area contributed by atoms with Gasteiger partial charge in [0.1, 0.15) is 0 Å². The Morgan fingerprint density at radius 1 is 1.53 bits per heavy atom. The van der Waals surface area contributed by atoms with E-state index in [1.807, 2.05) is 13.0 Å². The molecule has 1 unspecified atom stereocenters. The summed E-state index contributed by atoms with van der Waals surface area (Å²) in [7, 11) is 0. The molecule has 0 saturated carbocycles. The van der Waals surface area contributed by atoms with Crippen molar-refractivity contribution in [2.24, 2.45) is 0 Å². The molecule has 0 fully saturated rings. The Morgan fingerprint density at radius 3 is 2.82 bits per heavy atom. The molecule has 0 aromatic heterocycles. The van der Waals surface area contributed by atoms with Crippen LogP contribution in [0.3, 0.4) is 0 Å². The molecule has 17 heavy (non-hydrogen) atoms. The Bertz CT molecular complexity index is 398. The third-order valence-electron chi connectivity index (χ3n) is 2.37. The van der Waals surface area contributed by atoms with Crippen molar-refractivity contribution in [1.82, 2.24) is 5.32 Å². The molecule has 1 rings (SSSR count). The average Bonchev–Trinajstić information content (AvgIpc) is 2.32. The lowest BCUT2D eigenvalue weighted by Gasteiger charge is -2.08. The van der Waals surface area contributed by atoms with Crippen molar-refractivity contribution in [1.29, 1.82) is 0 Å². The first-order valence-corrected chi connectivity index (χ1v) is 7.31. The van der Waals surface area contributed by atoms with E-state index in [1.54, 1.807) is 12.1 Å². The molecule has 94 valence electrons. The number of hydrogen-bond donors (Lipinski definition) is 1. The lowest BCUT2D eigenvalue weighted by atomic mass is 10.2. The first-order chi connectivity index (χ1) is 8.04. The van der Waals surface area contributed by atoms with Crippen molar-refractivity contribution in [2.45, 2.75) is 25.1 Å². The molecule has 1 N–H and O–H groups in total. The van der Waals surface area contributed by atoms with Crippen LogP contribution in [0.25, 0.3) is 0 Å². The van der Waals surface area contributed by atoms with Gasteiger partial charge in [-0.15, -0.1) is 11.6 Å². The first-order valence-electron chi connectivity index (χ1n) is 5.42. The molecular formula is C12H14Cl2INO. The molecular weight excluding hydrogens is 372 g/mol. The molecule has 0 aliphatic heterocycles. The van der Waals surface area contributed by atoms with Crippen molar-refractivity contribution in [2.75, 3.05) is 6.54 Å². The van der Waals surface area contributed by atoms with Gasteiger partial charge in [0.25, 0.3) is 5.91 Å². The maximum absolute atomic E-state index is 11.8. The molecule has 2 nitrogen and oxygen atoms in total. The number of rotatable bonds is 5. The van der Waals surface area contributed by atoms with Gasteiger partial charge in [-0.1, -0.05) is 18.5 Å². The van der Waals surface area contributed by atoms with Crippen LogP contribution < -0.4 is 5.32 Å². The highest BCUT2D eigenvalue weighted by molar-refractivity contribution is 14.1. The fourth-order valence-electron chi connectivity index (χ4n) is 1.29. The Labute approximate surface area is 125 Å². The highest BCUT2D eigenvalue weighted by Crippen LogP contribution is 2.19. The number of benzene rings is 1. The van der Waals surface area contributed by atoms with Gasteiger partial charge in [-0.05, 0) is 53.6 Å². The van der Waals surface area contributed by atoms with E-state index in [0.29, 0.717) is 17.1 Å². The van der Waals surface area contributed by atoms with Crippen molar-refractivity contribution in [3.05, 3.63) is 32.4 Å². The van der Waals surface area contributed by atoms with E-state index in [-0.39, 0.29) is 11.3 Å². The SMILES string of the molecule is CCC(Cl)CCNC(=O)c1ccc(I)c(Cl)c1. The zero-order chi connectivity index (χ0) is 12.8. The summed E-state index contributed by atoms with van der Waals surface area (Å²) in [6, 6.07) is 5.27. The first kappa shape index (κ1) is 15.1. The van der Waals surface area contributed by atoms with Gasteiger partial charge >= 0.3 is 0 Å². The number of nitrogens with one attached hydrogen (secondary N) is 1. The van der Waals surface area contributed by atoms with Crippen LogP contribution >= 0.6 is 45.8 Å². The lowest BCUT2D eigenvalue weighted by molar-refractivity contribution is 0.0953. The van der Waals surface area contributed by atoms with Gasteiger partial charge in [0.15, 0.2) is 0 Å². The van der Waals surface area contributed by atoms with Crippen LogP contribution in [0.5, 0.6) is 0 Å². The van der Waals surface area contributed by atoms with E-state index >= 15 is 0 Å². The van der Waals surface area contributed by atoms with Crippen molar-refractivity contribution >= 4 is 51.7 Å². The second-order valence-corrected chi connectivity index (χ2v) is 5.87. The predicted octanol–water partition coefficient (Wildman–Crippen LogP) is 4.08. The molecule has 0 aliphatic rings. The highest BCUT2D eigenvalue weighted by Gasteiger charge is 2.08. The summed E-state index contributed by atoms with van der Waals surface area (Å²) in [6.07, 6.45) is 1.69. The topological polar surface area (TPSA) is 29.1 Å². The number of hydrogen-bond acceptors (Lipinski definition) is 1. The lowest BCUT2D eigenvalue weighted by Crippen LogP contribution is -2.26. The molecule has 0 heterocycles. The van der Waals surface area contributed by atoms with E-state index in [9.17, 15) is 4.79 Å². The third-order valence-corrected chi connectivity index (χ3v) is 4.47. The van der Waals surface area contributed by atoms with Gasteiger partial charge in [0.05, 0.1) is 5.02 Å². The normalized spacial score (nSPS) is 12.2. The Balaban J connectivity index is 2.50. The van der Waals surface area contributed by atoms with Crippen LogP contribution in [0.15, 0.2) is 18.2 Å². The standard InChI is InChI=1S/C12H14Cl2INO/c1-2-9(13)5-6-16-12(17)8-3-4-11(15)10(14)7-8/h3-4,7,9H,2,5-6H2,1H3,(H,16,17). The number of carbonyl (C=O) groups is 1. The van der Waals surface area contributed by atoms with Crippen LogP contribution in [0.4, 0.5) is 0 Å². The van der Waals surface area contributed by atoms with Crippen LogP contribution in [-0.4, -0.2) is 17.8 Å². The largest absolute Gasteiger partial charge is 0.352 e. The van der Waals surface area contributed by atoms with E-state index in [0.717, 1.165) is 16.4 Å². The molecule has 5 heteroatoms. The van der Waals surface area contributed by atoms with Gasteiger partial charge in [0, 0.05) is 21.1 Å². The van der Waals surface area contributed by atoms with Gasteiger partial charge in [-0.2, -0.15) is 0 Å². The molecule has 0 radical (unpaired) electrons. The predicted molar refractivity (Wildman–Crippen MR) is 81.1 cm³/mol. The van der Waals surface area contributed by atoms with Crippen LogP contribution in [-0.2, 0) is 0 Å². The van der Waals surface area contributed by atoms with Crippen molar-refractivity contribution in [3.8, 4) is 0 Å². The van der Waals surface area contributed by atoms with E-state index in [4.69, 9.17) is 23.2 Å². The number of carbonyl (C=O) groups excluding carboxylic acids is 1. The van der Waals surface area contributed by atoms with Crippen molar-refractivity contribution < 1.29 is 4.79 Å². The molecule has 1 amide bonds. The van der Waals surface area contributed by atoms with Crippen molar-refractivity contribution in [3.63, 3.8) is 0 Å². The monoisotopic (exact) mass is 385 g/mol. The molecule has 0 spiro atoms. The summed E-state index contributed by atoms with van der Waals surface area (Å²) in [5.41, 5.74) is 0.582. The van der Waals surface area contributed by atoms with Crippen LogP contribution in [0, 0.1) is 3.57 Å². The summed E-state index contributed by atoms with van der Waals surface area (Å²) in [5, 5.41) is 3.55. The molecule has 1 aromatic carbocycles. The van der Waals surface area contributed by atoms with Crippen LogP contribution in [0.2, 0.25) is 5.02 Å². The summed E-state index contributed by atoms with van der Waals surface area (Å²) in [6.45, 7) is 2.61.